The third-order valence-electron chi connectivity index (χ3n) is 3.14. The molecule has 2 rings (SSSR count). The van der Waals surface area contributed by atoms with Crippen LogP contribution in [-0.2, 0) is 6.54 Å². The molecule has 0 saturated carbocycles. The summed E-state index contributed by atoms with van der Waals surface area (Å²) in [6.07, 6.45) is 0. The van der Waals surface area contributed by atoms with Gasteiger partial charge in [0.2, 0.25) is 0 Å². The van der Waals surface area contributed by atoms with Gasteiger partial charge in [0, 0.05) is 17.3 Å². The minimum atomic E-state index is -0.219. The normalized spacial score (nSPS) is 12.7. The van der Waals surface area contributed by atoms with Gasteiger partial charge in [0.25, 0.3) is 0 Å². The molecular weight excluding hydrogens is 229 g/mol. The molecule has 18 heavy (non-hydrogen) atoms. The first kappa shape index (κ1) is 12.8. The Morgan fingerprint density at radius 1 is 1.28 bits per heavy atom. The fourth-order valence-electron chi connectivity index (χ4n) is 2.29. The van der Waals surface area contributed by atoms with Crippen molar-refractivity contribution in [3.63, 3.8) is 0 Å². The van der Waals surface area contributed by atoms with E-state index in [-0.39, 0.29) is 11.9 Å². The lowest BCUT2D eigenvalue weighted by molar-refractivity contribution is 0.622. The second-order valence-electron chi connectivity index (χ2n) is 4.66. The van der Waals surface area contributed by atoms with Gasteiger partial charge in [-0.1, -0.05) is 12.1 Å². The molecule has 0 amide bonds. The predicted molar refractivity (Wildman–Crippen MR) is 69.8 cm³/mol. The Morgan fingerprint density at radius 2 is 1.89 bits per heavy atom. The smallest absolute Gasteiger partial charge is 0.123 e. The maximum atomic E-state index is 12.8. The first-order valence-electron chi connectivity index (χ1n) is 6.03. The Labute approximate surface area is 106 Å². The van der Waals surface area contributed by atoms with Crippen LogP contribution >= 0.6 is 0 Å². The van der Waals surface area contributed by atoms with E-state index in [0.29, 0.717) is 6.54 Å². The van der Waals surface area contributed by atoms with E-state index >= 15 is 0 Å². The van der Waals surface area contributed by atoms with Crippen molar-refractivity contribution in [2.45, 2.75) is 33.4 Å². The lowest BCUT2D eigenvalue weighted by Crippen LogP contribution is -2.09. The molecule has 1 aromatic carbocycles. The van der Waals surface area contributed by atoms with E-state index in [9.17, 15) is 4.39 Å². The molecule has 0 radical (unpaired) electrons. The molecule has 0 bridgehead atoms. The lowest BCUT2D eigenvalue weighted by Gasteiger charge is -2.07. The van der Waals surface area contributed by atoms with Crippen LogP contribution in [0.15, 0.2) is 24.3 Å². The van der Waals surface area contributed by atoms with E-state index in [2.05, 4.69) is 5.10 Å². The third kappa shape index (κ3) is 2.43. The molecule has 3 nitrogen and oxygen atoms in total. The van der Waals surface area contributed by atoms with E-state index in [1.54, 1.807) is 12.1 Å². The highest BCUT2D eigenvalue weighted by molar-refractivity contribution is 5.28. The highest BCUT2D eigenvalue weighted by Gasteiger charge is 2.14. The molecule has 0 aliphatic heterocycles. The number of benzene rings is 1. The number of hydrogen-bond donors (Lipinski definition) is 1. The summed E-state index contributed by atoms with van der Waals surface area (Å²) in [5.74, 6) is -0.219. The Morgan fingerprint density at radius 3 is 2.39 bits per heavy atom. The van der Waals surface area contributed by atoms with Crippen molar-refractivity contribution >= 4 is 0 Å². The largest absolute Gasteiger partial charge is 0.324 e. The molecule has 1 atom stereocenters. The zero-order valence-electron chi connectivity index (χ0n) is 10.9. The molecule has 2 N–H and O–H groups in total. The van der Waals surface area contributed by atoms with Crippen molar-refractivity contribution in [1.82, 2.24) is 9.78 Å². The summed E-state index contributed by atoms with van der Waals surface area (Å²) in [4.78, 5) is 0. The summed E-state index contributed by atoms with van der Waals surface area (Å²) in [5, 5.41) is 4.49. The van der Waals surface area contributed by atoms with E-state index in [1.165, 1.54) is 12.1 Å². The SMILES string of the molecule is Cc1nn(Cc2ccc(F)cc2)c(C)c1C(C)N. The highest BCUT2D eigenvalue weighted by Crippen LogP contribution is 2.20. The van der Waals surface area contributed by atoms with Crippen LogP contribution in [0.3, 0.4) is 0 Å². The van der Waals surface area contributed by atoms with Gasteiger partial charge in [-0.15, -0.1) is 0 Å². The highest BCUT2D eigenvalue weighted by atomic mass is 19.1. The third-order valence-corrected chi connectivity index (χ3v) is 3.14. The molecular formula is C14H18FN3. The van der Waals surface area contributed by atoms with Gasteiger partial charge >= 0.3 is 0 Å². The van der Waals surface area contributed by atoms with Gasteiger partial charge in [-0.3, -0.25) is 4.68 Å². The Hall–Kier alpha value is -1.68. The molecule has 1 heterocycles. The van der Waals surface area contributed by atoms with Gasteiger partial charge in [-0.05, 0) is 38.5 Å². The number of aromatic nitrogens is 2. The zero-order valence-corrected chi connectivity index (χ0v) is 10.9. The van der Waals surface area contributed by atoms with Crippen LogP contribution in [-0.4, -0.2) is 9.78 Å². The minimum Gasteiger partial charge on any atom is -0.324 e. The number of nitrogens with zero attached hydrogens (tertiary/aromatic N) is 2. The number of aryl methyl sites for hydroxylation is 1. The van der Waals surface area contributed by atoms with Gasteiger partial charge in [0.05, 0.1) is 12.2 Å². The molecule has 0 aliphatic rings. The summed E-state index contributed by atoms with van der Waals surface area (Å²) in [5.41, 5.74) is 10.1. The summed E-state index contributed by atoms with van der Waals surface area (Å²) < 4.78 is 14.8. The second kappa shape index (κ2) is 4.90. The Kier molecular flexibility index (Phi) is 3.48. The standard InChI is InChI=1S/C14H18FN3/c1-9(16)14-10(2)17-18(11(14)3)8-12-4-6-13(15)7-5-12/h4-7,9H,8,16H2,1-3H3. The second-order valence-corrected chi connectivity index (χ2v) is 4.66. The van der Waals surface area contributed by atoms with Crippen molar-refractivity contribution in [2.75, 3.05) is 0 Å². The summed E-state index contributed by atoms with van der Waals surface area (Å²) >= 11 is 0. The quantitative estimate of drug-likeness (QED) is 0.906. The van der Waals surface area contributed by atoms with Gasteiger partial charge in [-0.25, -0.2) is 4.39 Å². The van der Waals surface area contributed by atoms with Crippen LogP contribution in [0.5, 0.6) is 0 Å². The van der Waals surface area contributed by atoms with Crippen molar-refractivity contribution in [3.05, 3.63) is 52.6 Å². The molecule has 2 aromatic rings. The van der Waals surface area contributed by atoms with Crippen LogP contribution in [0, 0.1) is 19.7 Å². The molecule has 1 unspecified atom stereocenters. The molecule has 96 valence electrons. The van der Waals surface area contributed by atoms with Gasteiger partial charge < -0.3 is 5.73 Å². The van der Waals surface area contributed by atoms with E-state index < -0.39 is 0 Å². The number of hydrogen-bond acceptors (Lipinski definition) is 2. The van der Waals surface area contributed by atoms with Crippen molar-refractivity contribution < 1.29 is 4.39 Å². The number of nitrogens with two attached hydrogens (primary N) is 1. The summed E-state index contributed by atoms with van der Waals surface area (Å²) in [6.45, 7) is 6.58. The van der Waals surface area contributed by atoms with Gasteiger partial charge in [0.15, 0.2) is 0 Å². The number of halogens is 1. The van der Waals surface area contributed by atoms with Crippen molar-refractivity contribution in [1.29, 1.82) is 0 Å². The fourth-order valence-corrected chi connectivity index (χ4v) is 2.29. The first-order valence-corrected chi connectivity index (χ1v) is 6.03. The maximum Gasteiger partial charge on any atom is 0.123 e. The fraction of sp³-hybridized carbons (Fsp3) is 0.357. The van der Waals surface area contributed by atoms with Crippen LogP contribution in [0.25, 0.3) is 0 Å². The van der Waals surface area contributed by atoms with Gasteiger partial charge in [-0.2, -0.15) is 5.10 Å². The van der Waals surface area contributed by atoms with E-state index in [4.69, 9.17) is 5.73 Å². The van der Waals surface area contributed by atoms with Crippen LogP contribution in [0.1, 0.15) is 35.5 Å². The molecule has 0 saturated heterocycles. The molecule has 0 fully saturated rings. The van der Waals surface area contributed by atoms with Crippen LogP contribution < -0.4 is 5.73 Å². The Bertz CT molecular complexity index is 541. The summed E-state index contributed by atoms with van der Waals surface area (Å²) in [6, 6.07) is 6.46. The predicted octanol–water partition coefficient (Wildman–Crippen LogP) is 2.71. The first-order chi connectivity index (χ1) is 8.49. The molecule has 1 aromatic heterocycles. The monoisotopic (exact) mass is 247 g/mol. The van der Waals surface area contributed by atoms with Crippen molar-refractivity contribution in [3.8, 4) is 0 Å². The Balaban J connectivity index is 2.30. The molecule has 0 spiro atoms. The zero-order chi connectivity index (χ0) is 13.3. The van der Waals surface area contributed by atoms with Crippen molar-refractivity contribution in [2.24, 2.45) is 5.73 Å². The molecule has 0 aliphatic carbocycles. The average molecular weight is 247 g/mol. The molecule has 4 heteroatoms. The summed E-state index contributed by atoms with van der Waals surface area (Å²) in [7, 11) is 0. The van der Waals surface area contributed by atoms with Crippen LogP contribution in [0.4, 0.5) is 4.39 Å². The minimum absolute atomic E-state index is 0.0213. The average Bonchev–Trinajstić information content (AvgIpc) is 2.57. The van der Waals surface area contributed by atoms with E-state index in [1.807, 2.05) is 25.5 Å². The van der Waals surface area contributed by atoms with Gasteiger partial charge in [0.1, 0.15) is 5.82 Å². The topological polar surface area (TPSA) is 43.8 Å². The number of rotatable bonds is 3. The van der Waals surface area contributed by atoms with E-state index in [0.717, 1.165) is 22.5 Å². The van der Waals surface area contributed by atoms with Crippen LogP contribution in [0.2, 0.25) is 0 Å². The maximum absolute atomic E-state index is 12.8. The lowest BCUT2D eigenvalue weighted by atomic mass is 10.1.